The molecule has 0 bridgehead atoms. The van der Waals surface area contributed by atoms with E-state index in [0.29, 0.717) is 11.3 Å². The Labute approximate surface area is 167 Å². The summed E-state index contributed by atoms with van der Waals surface area (Å²) in [5, 5.41) is 3.75. The van der Waals surface area contributed by atoms with Crippen LogP contribution in [0.1, 0.15) is 11.1 Å². The van der Waals surface area contributed by atoms with Gasteiger partial charge in [0.05, 0.1) is 29.8 Å². The van der Waals surface area contributed by atoms with E-state index in [2.05, 4.69) is 10.5 Å². The van der Waals surface area contributed by atoms with Crippen molar-refractivity contribution in [2.45, 2.75) is 11.8 Å². The number of carbonyl (C=O) groups excluding carboxylic acids is 1. The normalized spacial score (nSPS) is 11.8. The smallest absolute Gasteiger partial charge is 0.255 e. The second-order valence-electron chi connectivity index (χ2n) is 5.82. The van der Waals surface area contributed by atoms with Crippen molar-refractivity contribution in [1.29, 1.82) is 0 Å². The molecule has 0 aliphatic rings. The molecule has 28 heavy (non-hydrogen) atoms. The largest absolute Gasteiger partial charge is 0.496 e. The SMILES string of the molecule is COc1ccc(S(=O)(=O)N(C)CC(=O)N/N=C\c2c(F)cccc2Cl)cc1C. The van der Waals surface area contributed by atoms with Gasteiger partial charge in [0.25, 0.3) is 5.91 Å². The van der Waals surface area contributed by atoms with Crippen molar-refractivity contribution in [2.75, 3.05) is 20.7 Å². The van der Waals surface area contributed by atoms with Crippen molar-refractivity contribution in [2.24, 2.45) is 5.10 Å². The molecule has 0 radical (unpaired) electrons. The average Bonchev–Trinajstić information content (AvgIpc) is 2.64. The van der Waals surface area contributed by atoms with E-state index in [9.17, 15) is 17.6 Å². The number of methoxy groups -OCH3 is 1. The Morgan fingerprint density at radius 2 is 2.07 bits per heavy atom. The zero-order valence-electron chi connectivity index (χ0n) is 15.4. The van der Waals surface area contributed by atoms with Crippen LogP contribution in [0.3, 0.4) is 0 Å². The van der Waals surface area contributed by atoms with Crippen molar-refractivity contribution >= 4 is 33.7 Å². The van der Waals surface area contributed by atoms with Crippen LogP contribution in [0.4, 0.5) is 4.39 Å². The number of aryl methyl sites for hydroxylation is 1. The summed E-state index contributed by atoms with van der Waals surface area (Å²) in [7, 11) is -1.13. The highest BCUT2D eigenvalue weighted by atomic mass is 35.5. The Bertz CT molecular complexity index is 992. The van der Waals surface area contributed by atoms with E-state index in [1.54, 1.807) is 13.0 Å². The van der Waals surface area contributed by atoms with Crippen molar-refractivity contribution in [3.8, 4) is 5.75 Å². The molecule has 0 atom stereocenters. The zero-order valence-corrected chi connectivity index (χ0v) is 17.0. The molecular formula is C18H19ClFN3O4S. The number of sulfonamides is 1. The number of ether oxygens (including phenoxy) is 1. The van der Waals surface area contributed by atoms with Gasteiger partial charge in [0, 0.05) is 12.6 Å². The van der Waals surface area contributed by atoms with Crippen LogP contribution < -0.4 is 10.2 Å². The number of hydrogen-bond donors (Lipinski definition) is 1. The van der Waals surface area contributed by atoms with Gasteiger partial charge in [0.15, 0.2) is 0 Å². The third-order valence-electron chi connectivity index (χ3n) is 3.82. The zero-order chi connectivity index (χ0) is 20.9. The van der Waals surface area contributed by atoms with Crippen LogP contribution in [0.15, 0.2) is 46.4 Å². The predicted molar refractivity (Wildman–Crippen MR) is 105 cm³/mol. The Balaban J connectivity index is 2.05. The number of nitrogens with zero attached hydrogens (tertiary/aromatic N) is 2. The molecule has 0 aliphatic carbocycles. The van der Waals surface area contributed by atoms with Crippen LogP contribution in [0, 0.1) is 12.7 Å². The summed E-state index contributed by atoms with van der Waals surface area (Å²) in [6, 6.07) is 8.51. The number of likely N-dealkylation sites (N-methyl/N-ethyl adjacent to an activating group) is 1. The maximum absolute atomic E-state index is 13.6. The molecule has 0 saturated carbocycles. The Morgan fingerprint density at radius 3 is 2.68 bits per heavy atom. The van der Waals surface area contributed by atoms with Crippen LogP contribution >= 0.6 is 11.6 Å². The molecular weight excluding hydrogens is 409 g/mol. The van der Waals surface area contributed by atoms with Gasteiger partial charge in [0.2, 0.25) is 10.0 Å². The lowest BCUT2D eigenvalue weighted by molar-refractivity contribution is -0.121. The van der Waals surface area contributed by atoms with Gasteiger partial charge in [-0.05, 0) is 42.8 Å². The van der Waals surface area contributed by atoms with E-state index >= 15 is 0 Å². The lowest BCUT2D eigenvalue weighted by atomic mass is 10.2. The lowest BCUT2D eigenvalue weighted by Gasteiger charge is -2.17. The number of rotatable bonds is 7. The summed E-state index contributed by atoms with van der Waals surface area (Å²) >= 11 is 5.85. The Morgan fingerprint density at radius 1 is 1.36 bits per heavy atom. The molecule has 150 valence electrons. The minimum atomic E-state index is -3.89. The van der Waals surface area contributed by atoms with E-state index < -0.39 is 28.3 Å². The molecule has 1 amide bonds. The fourth-order valence-electron chi connectivity index (χ4n) is 2.32. The predicted octanol–water partition coefficient (Wildman–Crippen LogP) is 2.57. The summed E-state index contributed by atoms with van der Waals surface area (Å²) in [5.41, 5.74) is 2.81. The van der Waals surface area contributed by atoms with Crippen LogP contribution in [-0.4, -0.2) is 45.5 Å². The third-order valence-corrected chi connectivity index (χ3v) is 5.95. The molecule has 0 spiro atoms. The van der Waals surface area contributed by atoms with Crippen LogP contribution in [0.2, 0.25) is 5.02 Å². The molecule has 7 nitrogen and oxygen atoms in total. The van der Waals surface area contributed by atoms with Gasteiger partial charge < -0.3 is 4.74 Å². The molecule has 0 aliphatic heterocycles. The Hall–Kier alpha value is -2.49. The first kappa shape index (κ1) is 21.8. The van der Waals surface area contributed by atoms with Gasteiger partial charge in [-0.25, -0.2) is 18.2 Å². The molecule has 0 aromatic heterocycles. The van der Waals surface area contributed by atoms with Gasteiger partial charge in [-0.15, -0.1) is 0 Å². The van der Waals surface area contributed by atoms with Gasteiger partial charge in [-0.2, -0.15) is 9.41 Å². The second kappa shape index (κ2) is 9.13. The van der Waals surface area contributed by atoms with Gasteiger partial charge >= 0.3 is 0 Å². The first-order valence-electron chi connectivity index (χ1n) is 8.03. The van der Waals surface area contributed by atoms with E-state index in [0.717, 1.165) is 10.5 Å². The number of carbonyl (C=O) groups is 1. The highest BCUT2D eigenvalue weighted by molar-refractivity contribution is 7.89. The number of hydrogen-bond acceptors (Lipinski definition) is 5. The maximum Gasteiger partial charge on any atom is 0.255 e. The number of halogens is 2. The van der Waals surface area contributed by atoms with Crippen LogP contribution in [0.25, 0.3) is 0 Å². The fourth-order valence-corrected chi connectivity index (χ4v) is 3.74. The fraction of sp³-hybridized carbons (Fsp3) is 0.222. The van der Waals surface area contributed by atoms with E-state index in [1.807, 2.05) is 0 Å². The van der Waals surface area contributed by atoms with E-state index in [1.165, 1.54) is 44.5 Å². The molecule has 1 N–H and O–H groups in total. The first-order chi connectivity index (χ1) is 13.2. The van der Waals surface area contributed by atoms with Crippen molar-refractivity contribution in [3.05, 3.63) is 58.4 Å². The highest BCUT2D eigenvalue weighted by Gasteiger charge is 2.23. The maximum atomic E-state index is 13.6. The first-order valence-corrected chi connectivity index (χ1v) is 9.85. The van der Waals surface area contributed by atoms with E-state index in [-0.39, 0.29) is 15.5 Å². The number of amides is 1. The lowest BCUT2D eigenvalue weighted by Crippen LogP contribution is -2.36. The highest BCUT2D eigenvalue weighted by Crippen LogP contribution is 2.23. The summed E-state index contributed by atoms with van der Waals surface area (Å²) in [5.74, 6) is -0.736. The van der Waals surface area contributed by atoms with Crippen LogP contribution in [0.5, 0.6) is 5.75 Å². The minimum absolute atomic E-state index is 0.0131. The summed E-state index contributed by atoms with van der Waals surface area (Å²) in [6.45, 7) is 1.24. The number of benzene rings is 2. The summed E-state index contributed by atoms with van der Waals surface area (Å²) in [6.07, 6.45) is 1.05. The van der Waals surface area contributed by atoms with Crippen molar-refractivity contribution in [1.82, 2.24) is 9.73 Å². The quantitative estimate of drug-likeness (QED) is 0.543. The molecule has 0 unspecified atom stereocenters. The van der Waals surface area contributed by atoms with Crippen molar-refractivity contribution < 1.29 is 22.3 Å². The van der Waals surface area contributed by atoms with Crippen LogP contribution in [-0.2, 0) is 14.8 Å². The topological polar surface area (TPSA) is 88.1 Å². The Kier molecular flexibility index (Phi) is 7.11. The second-order valence-corrected chi connectivity index (χ2v) is 8.27. The van der Waals surface area contributed by atoms with Gasteiger partial charge in [-0.3, -0.25) is 4.79 Å². The molecule has 2 rings (SSSR count). The monoisotopic (exact) mass is 427 g/mol. The number of hydrazone groups is 1. The molecule has 10 heteroatoms. The molecule has 0 saturated heterocycles. The molecule has 0 heterocycles. The average molecular weight is 428 g/mol. The molecule has 2 aromatic rings. The standard InChI is InChI=1S/C18H19ClFN3O4S/c1-12-9-13(7-8-17(12)27-3)28(25,26)23(2)11-18(24)22-21-10-14-15(19)5-4-6-16(14)20/h4-10H,11H2,1-3H3,(H,22,24)/b21-10-. The summed E-state index contributed by atoms with van der Waals surface area (Å²) < 4.78 is 44.8. The number of nitrogens with one attached hydrogen (secondary N) is 1. The minimum Gasteiger partial charge on any atom is -0.496 e. The van der Waals surface area contributed by atoms with E-state index in [4.69, 9.17) is 16.3 Å². The van der Waals surface area contributed by atoms with Gasteiger partial charge in [-0.1, -0.05) is 17.7 Å². The molecule has 2 aromatic carbocycles. The third kappa shape index (κ3) is 5.06. The van der Waals surface area contributed by atoms with Crippen molar-refractivity contribution in [3.63, 3.8) is 0 Å². The summed E-state index contributed by atoms with van der Waals surface area (Å²) in [4.78, 5) is 12.0. The molecule has 0 fully saturated rings. The van der Waals surface area contributed by atoms with Gasteiger partial charge in [0.1, 0.15) is 11.6 Å².